The molecule has 0 spiro atoms. The summed E-state index contributed by atoms with van der Waals surface area (Å²) >= 11 is 1.56. The molecule has 8 heteroatoms. The minimum absolute atomic E-state index is 0.0493. The first-order valence-corrected chi connectivity index (χ1v) is 8.25. The van der Waals surface area contributed by atoms with E-state index >= 15 is 0 Å². The van der Waals surface area contributed by atoms with E-state index < -0.39 is 12.0 Å². The largest absolute Gasteiger partial charge is 0.480 e. The van der Waals surface area contributed by atoms with Crippen molar-refractivity contribution < 1.29 is 14.7 Å². The van der Waals surface area contributed by atoms with E-state index in [-0.39, 0.29) is 17.1 Å². The van der Waals surface area contributed by atoms with Gasteiger partial charge in [0.25, 0.3) is 5.91 Å². The van der Waals surface area contributed by atoms with Crippen molar-refractivity contribution in [2.45, 2.75) is 44.0 Å². The number of rotatable bonds is 5. The molecule has 3 rings (SSSR count). The Morgan fingerprint density at radius 1 is 1.48 bits per heavy atom. The minimum Gasteiger partial charge on any atom is -0.480 e. The molecule has 1 amide bonds. The van der Waals surface area contributed by atoms with E-state index in [0.29, 0.717) is 17.5 Å². The molecule has 2 heterocycles. The number of thioether (sulfide) groups is 1. The summed E-state index contributed by atoms with van der Waals surface area (Å²) < 4.78 is 0. The number of hydrogen-bond donors (Lipinski definition) is 2. The predicted molar refractivity (Wildman–Crippen MR) is 76.9 cm³/mol. The second-order valence-electron chi connectivity index (χ2n) is 5.48. The van der Waals surface area contributed by atoms with Gasteiger partial charge < -0.3 is 10.0 Å². The van der Waals surface area contributed by atoms with Gasteiger partial charge in [-0.15, -0.1) is 16.9 Å². The van der Waals surface area contributed by atoms with Gasteiger partial charge in [0.15, 0.2) is 0 Å². The summed E-state index contributed by atoms with van der Waals surface area (Å²) in [5.74, 6) is 0.276. The molecule has 1 aliphatic carbocycles. The summed E-state index contributed by atoms with van der Waals surface area (Å²) in [6.07, 6.45) is 3.75. The van der Waals surface area contributed by atoms with Crippen LogP contribution in [0.15, 0.2) is 0 Å². The summed E-state index contributed by atoms with van der Waals surface area (Å²) in [4.78, 5) is 29.7. The van der Waals surface area contributed by atoms with Crippen LogP contribution >= 0.6 is 11.8 Å². The van der Waals surface area contributed by atoms with Gasteiger partial charge >= 0.3 is 5.97 Å². The van der Waals surface area contributed by atoms with Gasteiger partial charge in [0.05, 0.1) is 5.37 Å². The number of carbonyl (C=O) groups is 2. The Kier molecular flexibility index (Phi) is 3.88. The number of aliphatic carboxylic acids is 1. The molecule has 0 bridgehead atoms. The van der Waals surface area contributed by atoms with Gasteiger partial charge in [0.2, 0.25) is 5.82 Å². The van der Waals surface area contributed by atoms with Gasteiger partial charge in [-0.2, -0.15) is 0 Å². The highest BCUT2D eigenvalue weighted by Gasteiger charge is 2.48. The lowest BCUT2D eigenvalue weighted by Gasteiger charge is -2.26. The number of hydrogen-bond acceptors (Lipinski definition) is 5. The van der Waals surface area contributed by atoms with Crippen molar-refractivity contribution in [3.63, 3.8) is 0 Å². The lowest BCUT2D eigenvalue weighted by atomic mass is 10.2. The van der Waals surface area contributed by atoms with Crippen LogP contribution in [0.5, 0.6) is 0 Å². The highest BCUT2D eigenvalue weighted by molar-refractivity contribution is 8.00. The molecular formula is C13H18N4O3S. The molecular weight excluding hydrogens is 292 g/mol. The van der Waals surface area contributed by atoms with Crippen LogP contribution in [0.4, 0.5) is 0 Å². The lowest BCUT2D eigenvalue weighted by molar-refractivity contribution is -0.141. The van der Waals surface area contributed by atoms with E-state index in [1.807, 2.05) is 6.92 Å². The predicted octanol–water partition coefficient (Wildman–Crippen LogP) is 1.14. The summed E-state index contributed by atoms with van der Waals surface area (Å²) in [5.41, 5.74) is 0. The van der Waals surface area contributed by atoms with Gasteiger partial charge in [0, 0.05) is 12.2 Å². The number of carboxylic acids is 1. The fourth-order valence-electron chi connectivity index (χ4n) is 2.57. The Morgan fingerprint density at radius 2 is 2.24 bits per heavy atom. The second kappa shape index (κ2) is 5.67. The first-order chi connectivity index (χ1) is 10.1. The van der Waals surface area contributed by atoms with Crippen molar-refractivity contribution in [2.75, 3.05) is 5.75 Å². The van der Waals surface area contributed by atoms with Crippen molar-refractivity contribution in [3.05, 3.63) is 11.6 Å². The Morgan fingerprint density at radius 3 is 2.86 bits per heavy atom. The Hall–Kier alpha value is -1.57. The van der Waals surface area contributed by atoms with Gasteiger partial charge in [0.1, 0.15) is 11.9 Å². The van der Waals surface area contributed by atoms with E-state index in [1.165, 1.54) is 4.90 Å². The molecule has 1 aliphatic heterocycles. The molecule has 7 nitrogen and oxygen atoms in total. The van der Waals surface area contributed by atoms with Crippen molar-refractivity contribution in [1.82, 2.24) is 20.1 Å². The molecule has 2 unspecified atom stereocenters. The maximum absolute atomic E-state index is 12.6. The third kappa shape index (κ3) is 2.76. The molecule has 2 atom stereocenters. The quantitative estimate of drug-likeness (QED) is 0.846. The Balaban J connectivity index is 1.82. The van der Waals surface area contributed by atoms with Crippen molar-refractivity contribution in [2.24, 2.45) is 5.92 Å². The Bertz CT molecular complexity index is 557. The number of carbonyl (C=O) groups excluding carboxylic acids is 1. The second-order valence-corrected chi connectivity index (χ2v) is 6.63. The third-order valence-corrected chi connectivity index (χ3v) is 5.25. The zero-order chi connectivity index (χ0) is 15.0. The monoisotopic (exact) mass is 310 g/mol. The number of nitrogens with zero attached hydrogens (tertiary/aromatic N) is 3. The van der Waals surface area contributed by atoms with E-state index in [0.717, 1.165) is 25.7 Å². The van der Waals surface area contributed by atoms with Crippen LogP contribution in [0.25, 0.3) is 0 Å². The molecule has 1 aromatic heterocycles. The number of carboxylic acid groups (broad SMARTS) is 1. The number of aromatic nitrogens is 3. The van der Waals surface area contributed by atoms with Crippen LogP contribution in [-0.4, -0.2) is 54.2 Å². The third-order valence-electron chi connectivity index (χ3n) is 3.79. The molecule has 1 saturated heterocycles. The van der Waals surface area contributed by atoms with Crippen molar-refractivity contribution in [1.29, 1.82) is 0 Å². The minimum atomic E-state index is -0.955. The summed E-state index contributed by atoms with van der Waals surface area (Å²) in [5, 5.41) is 16.0. The molecule has 0 aromatic carbocycles. The molecule has 2 aliphatic rings. The number of H-pyrrole nitrogens is 1. The molecule has 21 heavy (non-hydrogen) atoms. The van der Waals surface area contributed by atoms with Gasteiger partial charge in [-0.05, 0) is 25.2 Å². The van der Waals surface area contributed by atoms with E-state index in [4.69, 9.17) is 0 Å². The fraction of sp³-hybridized carbons (Fsp3) is 0.692. The van der Waals surface area contributed by atoms with Gasteiger partial charge in [-0.1, -0.05) is 6.92 Å². The SMILES string of the molecule is CCCc1nc(C(=O)N2C(C(=O)O)CSC2C2CC2)n[nH]1. The van der Waals surface area contributed by atoms with E-state index in [2.05, 4.69) is 15.2 Å². The van der Waals surface area contributed by atoms with Crippen LogP contribution in [0.2, 0.25) is 0 Å². The average molecular weight is 310 g/mol. The maximum Gasteiger partial charge on any atom is 0.327 e. The molecule has 2 fully saturated rings. The number of aryl methyl sites for hydroxylation is 1. The van der Waals surface area contributed by atoms with E-state index in [9.17, 15) is 14.7 Å². The van der Waals surface area contributed by atoms with Gasteiger partial charge in [-0.25, -0.2) is 9.78 Å². The average Bonchev–Trinajstić information content (AvgIpc) is 3.02. The highest BCUT2D eigenvalue weighted by Crippen LogP contribution is 2.45. The topological polar surface area (TPSA) is 99.2 Å². The smallest absolute Gasteiger partial charge is 0.327 e. The molecule has 1 saturated carbocycles. The summed E-state index contributed by atoms with van der Waals surface area (Å²) in [6, 6.07) is -0.777. The van der Waals surface area contributed by atoms with Crippen LogP contribution in [-0.2, 0) is 11.2 Å². The molecule has 1 aromatic rings. The Labute approximate surface area is 126 Å². The van der Waals surface area contributed by atoms with Crippen LogP contribution in [0.3, 0.4) is 0 Å². The first-order valence-electron chi connectivity index (χ1n) is 7.20. The van der Waals surface area contributed by atoms with Crippen LogP contribution < -0.4 is 0 Å². The van der Waals surface area contributed by atoms with Gasteiger partial charge in [-0.3, -0.25) is 9.89 Å². The van der Waals surface area contributed by atoms with Crippen molar-refractivity contribution in [3.8, 4) is 0 Å². The lowest BCUT2D eigenvalue weighted by Crippen LogP contribution is -2.46. The molecule has 114 valence electrons. The number of amides is 1. The zero-order valence-electron chi connectivity index (χ0n) is 11.8. The summed E-state index contributed by atoms with van der Waals surface area (Å²) in [6.45, 7) is 2.02. The summed E-state index contributed by atoms with van der Waals surface area (Å²) in [7, 11) is 0. The number of nitrogens with one attached hydrogen (secondary N) is 1. The normalized spacial score (nSPS) is 25.3. The van der Waals surface area contributed by atoms with Crippen LogP contribution in [0.1, 0.15) is 42.6 Å². The first kappa shape index (κ1) is 14.4. The molecule has 0 radical (unpaired) electrons. The highest BCUT2D eigenvalue weighted by atomic mass is 32.2. The zero-order valence-corrected chi connectivity index (χ0v) is 12.6. The number of aromatic amines is 1. The fourth-order valence-corrected chi connectivity index (χ4v) is 4.20. The standard InChI is InChI=1S/C13H18N4O3S/c1-2-3-9-14-10(16-15-9)11(18)17-8(13(19)20)6-21-12(17)7-4-5-7/h7-8,12H,2-6H2,1H3,(H,19,20)(H,14,15,16). The maximum atomic E-state index is 12.6. The molecule has 2 N–H and O–H groups in total. The van der Waals surface area contributed by atoms with Crippen molar-refractivity contribution >= 4 is 23.6 Å². The van der Waals surface area contributed by atoms with E-state index in [1.54, 1.807) is 11.8 Å². The van der Waals surface area contributed by atoms with Crippen LogP contribution in [0, 0.1) is 5.92 Å².